The number of carboxylic acid groups (broad SMARTS) is 1. The van der Waals surface area contributed by atoms with E-state index in [9.17, 15) is 9.59 Å². The number of ether oxygens (including phenoxy) is 1. The number of hydrogen-bond acceptors (Lipinski definition) is 3. The van der Waals surface area contributed by atoms with Gasteiger partial charge in [-0.25, -0.2) is 0 Å². The summed E-state index contributed by atoms with van der Waals surface area (Å²) in [4.78, 5) is 23.4. The van der Waals surface area contributed by atoms with Crippen LogP contribution in [0.15, 0.2) is 12.2 Å². The number of unbranched alkanes of at least 4 members (excludes halogenated alkanes) is 33. The van der Waals surface area contributed by atoms with E-state index in [1.165, 1.54) is 205 Å². The van der Waals surface area contributed by atoms with Gasteiger partial charge in [-0.2, -0.15) is 0 Å². The quantitative estimate of drug-likeness (QED) is 0.0385. The van der Waals surface area contributed by atoms with Crippen molar-refractivity contribution in [2.45, 2.75) is 283 Å². The summed E-state index contributed by atoms with van der Waals surface area (Å²) < 4.78 is 6.08. The van der Waals surface area contributed by atoms with Gasteiger partial charge in [0.2, 0.25) is 0 Å². The van der Waals surface area contributed by atoms with Crippen molar-refractivity contribution in [3.05, 3.63) is 12.2 Å². The lowest BCUT2D eigenvalue weighted by Crippen LogP contribution is -2.18. The second kappa shape index (κ2) is 44.1. The second-order valence-corrected chi connectivity index (χ2v) is 16.3. The largest absolute Gasteiger partial charge is 0.481 e. The van der Waals surface area contributed by atoms with Crippen molar-refractivity contribution in [1.29, 1.82) is 0 Å². The van der Waals surface area contributed by atoms with Crippen LogP contribution in [0.5, 0.6) is 0 Å². The van der Waals surface area contributed by atoms with Crippen LogP contribution >= 0.6 is 0 Å². The smallest absolute Gasteiger partial charge is 0.306 e. The van der Waals surface area contributed by atoms with Gasteiger partial charge in [-0.3, -0.25) is 9.59 Å². The van der Waals surface area contributed by atoms with Crippen LogP contribution in [0.4, 0.5) is 0 Å². The first kappa shape index (κ1) is 50.7. The summed E-state index contributed by atoms with van der Waals surface area (Å²) in [5, 5.41) is 8.74. The highest BCUT2D eigenvalue weighted by Gasteiger charge is 2.14. The lowest BCUT2D eigenvalue weighted by atomic mass is 10.0. The average molecular weight is 733 g/mol. The Bertz CT molecular complexity index is 747. The second-order valence-electron chi connectivity index (χ2n) is 16.3. The highest BCUT2D eigenvalue weighted by Crippen LogP contribution is 2.20. The van der Waals surface area contributed by atoms with E-state index in [2.05, 4.69) is 26.0 Å². The van der Waals surface area contributed by atoms with Gasteiger partial charge in [0.1, 0.15) is 6.10 Å². The molecule has 0 aliphatic heterocycles. The molecule has 0 amide bonds. The van der Waals surface area contributed by atoms with Gasteiger partial charge >= 0.3 is 11.9 Å². The number of allylic oxidation sites excluding steroid dienone is 2. The van der Waals surface area contributed by atoms with Crippen molar-refractivity contribution >= 4 is 11.9 Å². The molecule has 0 aromatic heterocycles. The van der Waals surface area contributed by atoms with Crippen LogP contribution in [0.2, 0.25) is 0 Å². The van der Waals surface area contributed by atoms with Crippen LogP contribution in [0.3, 0.4) is 0 Å². The number of carbonyl (C=O) groups excluding carboxylic acids is 1. The number of hydrogen-bond donors (Lipinski definition) is 1. The van der Waals surface area contributed by atoms with Gasteiger partial charge in [0.05, 0.1) is 0 Å². The molecule has 0 saturated heterocycles. The van der Waals surface area contributed by atoms with Crippen LogP contribution in [0, 0.1) is 0 Å². The normalized spacial score (nSPS) is 12.2. The van der Waals surface area contributed by atoms with E-state index in [0.717, 1.165) is 44.9 Å². The van der Waals surface area contributed by atoms with Crippen molar-refractivity contribution in [3.8, 4) is 0 Å². The fourth-order valence-corrected chi connectivity index (χ4v) is 7.48. The van der Waals surface area contributed by atoms with Gasteiger partial charge < -0.3 is 9.84 Å². The van der Waals surface area contributed by atoms with Crippen molar-refractivity contribution in [2.24, 2.45) is 0 Å². The van der Waals surface area contributed by atoms with Gasteiger partial charge in [0.15, 0.2) is 0 Å². The number of rotatable bonds is 44. The molecule has 4 nitrogen and oxygen atoms in total. The molecule has 0 heterocycles. The number of esters is 1. The Morgan fingerprint density at radius 3 is 1.04 bits per heavy atom. The summed E-state index contributed by atoms with van der Waals surface area (Å²) in [5.74, 6) is -0.629. The number of carboxylic acids is 1. The van der Waals surface area contributed by atoms with E-state index in [4.69, 9.17) is 9.84 Å². The number of carbonyl (C=O) groups is 2. The minimum Gasteiger partial charge on any atom is -0.481 e. The van der Waals surface area contributed by atoms with Crippen LogP contribution in [-0.2, 0) is 14.3 Å². The molecule has 0 saturated carbocycles. The topological polar surface area (TPSA) is 63.6 Å². The van der Waals surface area contributed by atoms with E-state index >= 15 is 0 Å². The third kappa shape index (κ3) is 43.1. The Balaban J connectivity index is 3.89. The van der Waals surface area contributed by atoms with Crippen LogP contribution in [-0.4, -0.2) is 23.1 Å². The molecule has 4 heteroatoms. The molecule has 0 aromatic carbocycles. The summed E-state index contributed by atoms with van der Waals surface area (Å²) in [7, 11) is 0. The predicted molar refractivity (Wildman–Crippen MR) is 227 cm³/mol. The summed E-state index contributed by atoms with van der Waals surface area (Å²) in [5.41, 5.74) is 0. The standard InChI is InChI=1S/C48H92O4/c1-3-5-7-9-11-13-14-15-16-17-18-19-20-21-22-23-24-29-33-37-41-45-48(51)52-46(42-38-34-30-12-10-8-6-4-2)43-39-35-31-27-25-26-28-32-36-40-44-47(49)50/h15-16,46H,3-14,17-45H2,1-2H3,(H,49,50)/b16-15-. The zero-order valence-corrected chi connectivity index (χ0v) is 35.4. The minimum absolute atomic E-state index is 0.0428. The number of aliphatic carboxylic acids is 1. The molecule has 0 rings (SSSR count). The summed E-state index contributed by atoms with van der Waals surface area (Å²) in [6.07, 6.45) is 55.5. The molecule has 0 spiro atoms. The Hall–Kier alpha value is -1.32. The zero-order chi connectivity index (χ0) is 37.8. The van der Waals surface area contributed by atoms with E-state index in [-0.39, 0.29) is 12.1 Å². The van der Waals surface area contributed by atoms with Crippen LogP contribution < -0.4 is 0 Å². The Kier molecular flexibility index (Phi) is 43.0. The molecule has 0 aliphatic rings. The zero-order valence-electron chi connectivity index (χ0n) is 35.4. The molecule has 1 N–H and O–H groups in total. The van der Waals surface area contributed by atoms with Gasteiger partial charge in [-0.05, 0) is 64.2 Å². The molecule has 0 aliphatic carbocycles. The SMILES string of the molecule is CCCCCCCC/C=C\CCCCCCCCCCCCCC(=O)OC(CCCCCCCCCC)CCCCCCCCCCCCC(=O)O. The van der Waals surface area contributed by atoms with Crippen molar-refractivity contribution < 1.29 is 19.4 Å². The molecular formula is C48H92O4. The van der Waals surface area contributed by atoms with E-state index < -0.39 is 5.97 Å². The Morgan fingerprint density at radius 1 is 0.404 bits per heavy atom. The van der Waals surface area contributed by atoms with Crippen molar-refractivity contribution in [3.63, 3.8) is 0 Å². The molecule has 1 atom stereocenters. The third-order valence-corrected chi connectivity index (χ3v) is 11.0. The summed E-state index contributed by atoms with van der Waals surface area (Å²) in [6.45, 7) is 4.56. The first-order chi connectivity index (χ1) is 25.6. The van der Waals surface area contributed by atoms with Crippen molar-refractivity contribution in [1.82, 2.24) is 0 Å². The fourth-order valence-electron chi connectivity index (χ4n) is 7.48. The van der Waals surface area contributed by atoms with E-state index in [1.54, 1.807) is 0 Å². The summed E-state index contributed by atoms with van der Waals surface area (Å²) >= 11 is 0. The lowest BCUT2D eigenvalue weighted by Gasteiger charge is -2.18. The molecule has 308 valence electrons. The maximum absolute atomic E-state index is 12.8. The Labute approximate surface area is 325 Å². The van der Waals surface area contributed by atoms with E-state index in [1.807, 2.05) is 0 Å². The van der Waals surface area contributed by atoms with Gasteiger partial charge in [-0.1, -0.05) is 212 Å². The van der Waals surface area contributed by atoms with Crippen molar-refractivity contribution in [2.75, 3.05) is 0 Å². The van der Waals surface area contributed by atoms with Gasteiger partial charge in [0.25, 0.3) is 0 Å². The molecule has 1 unspecified atom stereocenters. The third-order valence-electron chi connectivity index (χ3n) is 11.0. The molecule has 52 heavy (non-hydrogen) atoms. The Morgan fingerprint density at radius 2 is 0.692 bits per heavy atom. The average Bonchev–Trinajstić information content (AvgIpc) is 3.13. The molecule has 0 aromatic rings. The first-order valence-electron chi connectivity index (χ1n) is 23.7. The van der Waals surface area contributed by atoms with Crippen LogP contribution in [0.1, 0.15) is 277 Å². The lowest BCUT2D eigenvalue weighted by molar-refractivity contribution is -0.150. The fraction of sp³-hybridized carbons (Fsp3) is 0.917. The maximum atomic E-state index is 12.8. The minimum atomic E-state index is -0.671. The highest BCUT2D eigenvalue weighted by atomic mass is 16.5. The maximum Gasteiger partial charge on any atom is 0.306 e. The summed E-state index contributed by atoms with van der Waals surface area (Å²) in [6, 6.07) is 0. The highest BCUT2D eigenvalue weighted by molar-refractivity contribution is 5.69. The van der Waals surface area contributed by atoms with E-state index in [0.29, 0.717) is 12.8 Å². The molecule has 0 bridgehead atoms. The first-order valence-corrected chi connectivity index (χ1v) is 23.7. The predicted octanol–water partition coefficient (Wildman–Crippen LogP) is 16.6. The molecule has 0 fully saturated rings. The molecule has 0 radical (unpaired) electrons. The van der Waals surface area contributed by atoms with Gasteiger partial charge in [0, 0.05) is 12.8 Å². The monoisotopic (exact) mass is 733 g/mol. The molecular weight excluding hydrogens is 641 g/mol. The van der Waals surface area contributed by atoms with Crippen LogP contribution in [0.25, 0.3) is 0 Å². The van der Waals surface area contributed by atoms with Gasteiger partial charge in [-0.15, -0.1) is 0 Å².